The molecule has 1 aromatic heterocycles. The Bertz CT molecular complexity index is 837. The zero-order chi connectivity index (χ0) is 23.3. The van der Waals surface area contributed by atoms with Gasteiger partial charge in [-0.3, -0.25) is 0 Å². The molecule has 0 aliphatic heterocycles. The number of hydrogen-bond acceptors (Lipinski definition) is 4. The summed E-state index contributed by atoms with van der Waals surface area (Å²) in [5.74, 6) is -0.337. The molecule has 32 heavy (non-hydrogen) atoms. The molecule has 0 bridgehead atoms. The van der Waals surface area contributed by atoms with Gasteiger partial charge in [0.2, 0.25) is 0 Å². The van der Waals surface area contributed by atoms with Crippen molar-refractivity contribution in [3.63, 3.8) is 0 Å². The van der Waals surface area contributed by atoms with Crippen molar-refractivity contribution in [2.24, 2.45) is 0 Å². The van der Waals surface area contributed by atoms with Gasteiger partial charge in [0, 0.05) is 23.5 Å². The molecule has 4 nitrogen and oxygen atoms in total. The smallest absolute Gasteiger partial charge is 0.341 e. The fraction of sp³-hybridized carbons (Fsp3) is 0.538. The lowest BCUT2D eigenvalue weighted by Crippen LogP contribution is -2.36. The molecule has 2 rings (SSSR count). The third kappa shape index (κ3) is 7.59. The lowest BCUT2D eigenvalue weighted by molar-refractivity contribution is 0.0603. The SMILES string of the molecule is CCCCCCN(CCCCCC)C(=S)Nc1sc(C)c(-c2ccccc2)c1C(=O)OC. The Labute approximate surface area is 203 Å². The summed E-state index contributed by atoms with van der Waals surface area (Å²) in [4.78, 5) is 16.1. The van der Waals surface area contributed by atoms with E-state index in [2.05, 4.69) is 24.1 Å². The number of hydrogen-bond donors (Lipinski definition) is 1. The summed E-state index contributed by atoms with van der Waals surface area (Å²) in [5, 5.41) is 4.88. The van der Waals surface area contributed by atoms with Crippen molar-refractivity contribution >= 4 is 39.6 Å². The van der Waals surface area contributed by atoms with Crippen molar-refractivity contribution in [2.45, 2.75) is 72.1 Å². The van der Waals surface area contributed by atoms with Crippen LogP contribution in [0.2, 0.25) is 0 Å². The zero-order valence-electron chi connectivity index (χ0n) is 20.0. The van der Waals surface area contributed by atoms with Crippen LogP contribution in [0.1, 0.15) is 80.4 Å². The van der Waals surface area contributed by atoms with Gasteiger partial charge in [-0.2, -0.15) is 0 Å². The van der Waals surface area contributed by atoms with Gasteiger partial charge in [-0.05, 0) is 37.5 Å². The van der Waals surface area contributed by atoms with Gasteiger partial charge in [0.15, 0.2) is 5.11 Å². The Morgan fingerprint density at radius 2 is 1.59 bits per heavy atom. The topological polar surface area (TPSA) is 41.6 Å². The summed E-state index contributed by atoms with van der Waals surface area (Å²) in [6, 6.07) is 10.0. The first-order valence-electron chi connectivity index (χ1n) is 11.9. The van der Waals surface area contributed by atoms with Crippen LogP contribution < -0.4 is 5.32 Å². The van der Waals surface area contributed by atoms with Crippen LogP contribution in [0.4, 0.5) is 5.00 Å². The summed E-state index contributed by atoms with van der Waals surface area (Å²) in [6.45, 7) is 8.39. The van der Waals surface area contributed by atoms with Gasteiger partial charge >= 0.3 is 5.97 Å². The number of carbonyl (C=O) groups is 1. The maximum absolute atomic E-state index is 12.8. The van der Waals surface area contributed by atoms with Crippen LogP contribution in [0.15, 0.2) is 30.3 Å². The van der Waals surface area contributed by atoms with E-state index in [0.29, 0.717) is 10.7 Å². The first-order chi connectivity index (χ1) is 15.5. The van der Waals surface area contributed by atoms with E-state index in [1.54, 1.807) is 11.3 Å². The number of nitrogens with one attached hydrogen (secondary N) is 1. The number of methoxy groups -OCH3 is 1. The minimum Gasteiger partial charge on any atom is -0.465 e. The second-order valence-electron chi connectivity index (χ2n) is 8.13. The molecular weight excluding hydrogens is 436 g/mol. The Balaban J connectivity index is 2.24. The Hall–Kier alpha value is -1.92. The molecule has 2 aromatic rings. The molecule has 0 aliphatic carbocycles. The van der Waals surface area contributed by atoms with E-state index >= 15 is 0 Å². The molecular formula is C26H38N2O2S2. The number of thiophene rings is 1. The number of aryl methyl sites for hydroxylation is 1. The third-order valence-electron chi connectivity index (χ3n) is 5.61. The quantitative estimate of drug-likeness (QED) is 0.183. The van der Waals surface area contributed by atoms with E-state index in [1.165, 1.54) is 45.6 Å². The highest BCUT2D eigenvalue weighted by Gasteiger charge is 2.25. The summed E-state index contributed by atoms with van der Waals surface area (Å²) in [5.41, 5.74) is 2.50. The van der Waals surface area contributed by atoms with Crippen LogP contribution in [0, 0.1) is 6.92 Å². The van der Waals surface area contributed by atoms with E-state index in [0.717, 1.165) is 46.9 Å². The van der Waals surface area contributed by atoms with Crippen molar-refractivity contribution in [3.05, 3.63) is 40.8 Å². The van der Waals surface area contributed by atoms with E-state index in [1.807, 2.05) is 37.3 Å². The van der Waals surface area contributed by atoms with Crippen molar-refractivity contribution in [1.29, 1.82) is 0 Å². The zero-order valence-corrected chi connectivity index (χ0v) is 21.7. The molecule has 0 atom stereocenters. The molecule has 1 heterocycles. The van der Waals surface area contributed by atoms with Gasteiger partial charge < -0.3 is 15.0 Å². The second kappa shape index (κ2) is 14.3. The first-order valence-corrected chi connectivity index (χ1v) is 13.1. The highest BCUT2D eigenvalue weighted by atomic mass is 32.1. The van der Waals surface area contributed by atoms with Crippen LogP contribution in [0.25, 0.3) is 11.1 Å². The van der Waals surface area contributed by atoms with E-state index in [4.69, 9.17) is 17.0 Å². The maximum Gasteiger partial charge on any atom is 0.341 e. The van der Waals surface area contributed by atoms with Crippen molar-refractivity contribution in [1.82, 2.24) is 4.90 Å². The fourth-order valence-corrected chi connectivity index (χ4v) is 5.24. The van der Waals surface area contributed by atoms with Crippen LogP contribution in [0.3, 0.4) is 0 Å². The van der Waals surface area contributed by atoms with Crippen LogP contribution in [0.5, 0.6) is 0 Å². The highest BCUT2D eigenvalue weighted by molar-refractivity contribution is 7.80. The third-order valence-corrected chi connectivity index (χ3v) is 6.99. The second-order valence-corrected chi connectivity index (χ2v) is 9.74. The molecule has 1 N–H and O–H groups in total. The molecule has 6 heteroatoms. The molecule has 0 saturated carbocycles. The van der Waals surface area contributed by atoms with Crippen LogP contribution >= 0.6 is 23.6 Å². The number of esters is 1. The highest BCUT2D eigenvalue weighted by Crippen LogP contribution is 2.40. The Morgan fingerprint density at radius 1 is 1.00 bits per heavy atom. The molecule has 0 fully saturated rings. The van der Waals surface area contributed by atoms with Gasteiger partial charge in [0.05, 0.1) is 7.11 Å². The number of thiocarbonyl (C=S) groups is 1. The van der Waals surface area contributed by atoms with Gasteiger partial charge in [-0.1, -0.05) is 82.7 Å². The molecule has 0 spiro atoms. The average Bonchev–Trinajstić information content (AvgIpc) is 3.13. The summed E-state index contributed by atoms with van der Waals surface area (Å²) < 4.78 is 5.15. The van der Waals surface area contributed by atoms with Gasteiger partial charge in [0.25, 0.3) is 0 Å². The monoisotopic (exact) mass is 474 g/mol. The Morgan fingerprint density at radius 3 is 2.12 bits per heavy atom. The molecule has 176 valence electrons. The summed E-state index contributed by atoms with van der Waals surface area (Å²) >= 11 is 7.40. The molecule has 0 unspecified atom stereocenters. The van der Waals surface area contributed by atoms with Crippen LogP contribution in [-0.4, -0.2) is 36.2 Å². The minimum absolute atomic E-state index is 0.337. The Kier molecular flexibility index (Phi) is 11.7. The largest absolute Gasteiger partial charge is 0.465 e. The summed E-state index contributed by atoms with van der Waals surface area (Å²) in [7, 11) is 1.43. The number of nitrogens with zero attached hydrogens (tertiary/aromatic N) is 1. The van der Waals surface area contributed by atoms with Gasteiger partial charge in [-0.25, -0.2) is 4.79 Å². The van der Waals surface area contributed by atoms with E-state index in [9.17, 15) is 4.79 Å². The van der Waals surface area contributed by atoms with Crippen LogP contribution in [-0.2, 0) is 4.74 Å². The number of unbranched alkanes of at least 4 members (excludes halogenated alkanes) is 6. The standard InChI is InChI=1S/C26H38N2O2S2/c1-5-7-9-14-18-28(19-15-10-8-6-2)26(31)27-24-23(25(29)30-4)22(20(3)32-24)21-16-12-11-13-17-21/h11-13,16-17H,5-10,14-15,18-19H2,1-4H3,(H,27,31). The van der Waals surface area contributed by atoms with Gasteiger partial charge in [-0.15, -0.1) is 11.3 Å². The van der Waals surface area contributed by atoms with Crippen molar-refractivity contribution in [3.8, 4) is 11.1 Å². The molecule has 0 aliphatic rings. The number of ether oxygens (including phenoxy) is 1. The summed E-state index contributed by atoms with van der Waals surface area (Å²) in [6.07, 6.45) is 9.64. The van der Waals surface area contributed by atoms with Gasteiger partial charge in [0.1, 0.15) is 10.6 Å². The predicted molar refractivity (Wildman–Crippen MR) is 142 cm³/mol. The molecule has 0 saturated heterocycles. The predicted octanol–water partition coefficient (Wildman–Crippen LogP) is 7.67. The average molecular weight is 475 g/mol. The fourth-order valence-electron chi connectivity index (χ4n) is 3.83. The number of anilines is 1. The number of carbonyl (C=O) groups excluding carboxylic acids is 1. The minimum atomic E-state index is -0.337. The van der Waals surface area contributed by atoms with E-state index < -0.39 is 0 Å². The molecule has 0 amide bonds. The lowest BCUT2D eigenvalue weighted by Gasteiger charge is -2.26. The lowest BCUT2D eigenvalue weighted by atomic mass is 10.0. The van der Waals surface area contributed by atoms with E-state index in [-0.39, 0.29) is 5.97 Å². The molecule has 1 aromatic carbocycles. The number of rotatable bonds is 13. The number of benzene rings is 1. The van der Waals surface area contributed by atoms with Crippen molar-refractivity contribution < 1.29 is 9.53 Å². The molecule has 0 radical (unpaired) electrons. The normalized spacial score (nSPS) is 10.8. The maximum atomic E-state index is 12.8. The first kappa shape index (κ1) is 26.3. The van der Waals surface area contributed by atoms with Crippen molar-refractivity contribution in [2.75, 3.05) is 25.5 Å².